The molecule has 0 aromatic heterocycles. The summed E-state index contributed by atoms with van der Waals surface area (Å²) in [5.41, 5.74) is 0. The summed E-state index contributed by atoms with van der Waals surface area (Å²) in [6.07, 6.45) is 9.93. The van der Waals surface area contributed by atoms with Crippen molar-refractivity contribution in [3.8, 4) is 0 Å². The standard InChI is InChI=1S/C13H25NO2/c1-2-3-4-5-6-7-8-10-14-11-9-12-16-13(14)15/h2-12H2,1H3. The van der Waals surface area contributed by atoms with E-state index in [-0.39, 0.29) is 6.09 Å². The Kier molecular flexibility index (Phi) is 7.02. The first-order valence-electron chi connectivity index (χ1n) is 6.76. The lowest BCUT2D eigenvalue weighted by Crippen LogP contribution is -2.38. The van der Waals surface area contributed by atoms with Crippen LogP contribution in [0.2, 0.25) is 0 Å². The number of rotatable bonds is 8. The van der Waals surface area contributed by atoms with Gasteiger partial charge in [-0.25, -0.2) is 4.79 Å². The van der Waals surface area contributed by atoms with Gasteiger partial charge in [0.2, 0.25) is 0 Å². The van der Waals surface area contributed by atoms with Crippen LogP contribution in [0.5, 0.6) is 0 Å². The Morgan fingerprint density at radius 3 is 2.50 bits per heavy atom. The molecular formula is C13H25NO2. The maximum absolute atomic E-state index is 11.3. The van der Waals surface area contributed by atoms with E-state index in [0.29, 0.717) is 6.61 Å². The van der Waals surface area contributed by atoms with Crippen molar-refractivity contribution in [1.82, 2.24) is 4.90 Å². The first-order valence-corrected chi connectivity index (χ1v) is 6.76. The lowest BCUT2D eigenvalue weighted by Gasteiger charge is -2.26. The SMILES string of the molecule is CCCCCCCCCN1CCCOC1=O. The Morgan fingerprint density at radius 2 is 1.81 bits per heavy atom. The highest BCUT2D eigenvalue weighted by atomic mass is 16.6. The number of nitrogens with zero attached hydrogens (tertiary/aromatic N) is 1. The normalized spacial score (nSPS) is 16.3. The number of amides is 1. The van der Waals surface area contributed by atoms with E-state index in [1.165, 1.54) is 38.5 Å². The summed E-state index contributed by atoms with van der Waals surface area (Å²) in [6, 6.07) is 0. The maximum Gasteiger partial charge on any atom is 0.409 e. The number of carbonyl (C=O) groups is 1. The molecule has 0 spiro atoms. The molecule has 0 saturated carbocycles. The third kappa shape index (κ3) is 5.38. The second-order valence-corrected chi connectivity index (χ2v) is 4.58. The van der Waals surface area contributed by atoms with Crippen LogP contribution in [0.3, 0.4) is 0 Å². The molecular weight excluding hydrogens is 202 g/mol. The van der Waals surface area contributed by atoms with Crippen molar-refractivity contribution in [3.63, 3.8) is 0 Å². The summed E-state index contributed by atoms with van der Waals surface area (Å²) in [6.45, 7) is 4.61. The predicted molar refractivity (Wildman–Crippen MR) is 65.5 cm³/mol. The second kappa shape index (κ2) is 8.43. The van der Waals surface area contributed by atoms with Crippen molar-refractivity contribution in [2.24, 2.45) is 0 Å². The van der Waals surface area contributed by atoms with Crippen molar-refractivity contribution < 1.29 is 9.53 Å². The van der Waals surface area contributed by atoms with Crippen LogP contribution in [0.4, 0.5) is 4.79 Å². The van der Waals surface area contributed by atoms with Gasteiger partial charge in [-0.1, -0.05) is 45.4 Å². The van der Waals surface area contributed by atoms with E-state index >= 15 is 0 Å². The molecule has 0 aromatic carbocycles. The third-order valence-corrected chi connectivity index (χ3v) is 3.09. The molecule has 0 radical (unpaired) electrons. The fourth-order valence-electron chi connectivity index (χ4n) is 2.06. The van der Waals surface area contributed by atoms with Crippen LogP contribution in [0, 0.1) is 0 Å². The Morgan fingerprint density at radius 1 is 1.12 bits per heavy atom. The van der Waals surface area contributed by atoms with E-state index < -0.39 is 0 Å². The zero-order chi connectivity index (χ0) is 11.6. The Hall–Kier alpha value is -0.730. The zero-order valence-corrected chi connectivity index (χ0v) is 10.5. The van der Waals surface area contributed by atoms with E-state index in [0.717, 1.165) is 25.9 Å². The van der Waals surface area contributed by atoms with Crippen molar-refractivity contribution >= 4 is 6.09 Å². The van der Waals surface area contributed by atoms with Crippen LogP contribution in [0.15, 0.2) is 0 Å². The van der Waals surface area contributed by atoms with E-state index in [1.807, 2.05) is 4.90 Å². The van der Waals surface area contributed by atoms with Gasteiger partial charge < -0.3 is 9.64 Å². The first-order chi connectivity index (χ1) is 7.84. The lowest BCUT2D eigenvalue weighted by atomic mass is 10.1. The van der Waals surface area contributed by atoms with E-state index in [4.69, 9.17) is 4.74 Å². The number of hydrogen-bond donors (Lipinski definition) is 0. The fourth-order valence-corrected chi connectivity index (χ4v) is 2.06. The van der Waals surface area contributed by atoms with E-state index in [2.05, 4.69) is 6.92 Å². The van der Waals surface area contributed by atoms with Gasteiger partial charge in [-0.15, -0.1) is 0 Å². The van der Waals surface area contributed by atoms with E-state index in [1.54, 1.807) is 0 Å². The monoisotopic (exact) mass is 227 g/mol. The molecule has 0 bridgehead atoms. The molecule has 3 heteroatoms. The van der Waals surface area contributed by atoms with Gasteiger partial charge in [0, 0.05) is 13.1 Å². The number of carbonyl (C=O) groups excluding carboxylic acids is 1. The Balaban J connectivity index is 1.92. The van der Waals surface area contributed by atoms with Gasteiger partial charge >= 0.3 is 6.09 Å². The van der Waals surface area contributed by atoms with Gasteiger partial charge in [0.1, 0.15) is 0 Å². The number of ether oxygens (including phenoxy) is 1. The molecule has 1 fully saturated rings. The molecule has 1 heterocycles. The van der Waals surface area contributed by atoms with Crippen molar-refractivity contribution in [1.29, 1.82) is 0 Å². The molecule has 1 saturated heterocycles. The number of cyclic esters (lactones) is 1. The quantitative estimate of drug-likeness (QED) is 0.593. The number of unbranched alkanes of at least 4 members (excludes halogenated alkanes) is 6. The Bertz CT molecular complexity index is 194. The van der Waals surface area contributed by atoms with Crippen LogP contribution in [-0.2, 0) is 4.74 Å². The number of hydrogen-bond acceptors (Lipinski definition) is 2. The highest BCUT2D eigenvalue weighted by Crippen LogP contribution is 2.10. The summed E-state index contributed by atoms with van der Waals surface area (Å²) in [5, 5.41) is 0. The maximum atomic E-state index is 11.3. The largest absolute Gasteiger partial charge is 0.449 e. The molecule has 0 aromatic rings. The fraction of sp³-hybridized carbons (Fsp3) is 0.923. The Labute approximate surface area is 99.1 Å². The second-order valence-electron chi connectivity index (χ2n) is 4.58. The molecule has 16 heavy (non-hydrogen) atoms. The smallest absolute Gasteiger partial charge is 0.409 e. The van der Waals surface area contributed by atoms with Gasteiger partial charge in [-0.3, -0.25) is 0 Å². The van der Waals surface area contributed by atoms with Crippen molar-refractivity contribution in [3.05, 3.63) is 0 Å². The molecule has 3 nitrogen and oxygen atoms in total. The molecule has 0 unspecified atom stereocenters. The minimum atomic E-state index is -0.114. The molecule has 0 N–H and O–H groups in total. The lowest BCUT2D eigenvalue weighted by molar-refractivity contribution is 0.0722. The van der Waals surface area contributed by atoms with Gasteiger partial charge in [0.05, 0.1) is 6.61 Å². The zero-order valence-electron chi connectivity index (χ0n) is 10.5. The van der Waals surface area contributed by atoms with Crippen molar-refractivity contribution in [2.75, 3.05) is 19.7 Å². The molecule has 0 atom stereocenters. The van der Waals surface area contributed by atoms with Gasteiger partial charge in [0.25, 0.3) is 0 Å². The molecule has 1 amide bonds. The van der Waals surface area contributed by atoms with Crippen LogP contribution in [0.25, 0.3) is 0 Å². The van der Waals surface area contributed by atoms with Gasteiger partial charge in [-0.2, -0.15) is 0 Å². The molecule has 94 valence electrons. The topological polar surface area (TPSA) is 29.5 Å². The van der Waals surface area contributed by atoms with Crippen molar-refractivity contribution in [2.45, 2.75) is 58.3 Å². The summed E-state index contributed by atoms with van der Waals surface area (Å²) >= 11 is 0. The summed E-state index contributed by atoms with van der Waals surface area (Å²) in [5.74, 6) is 0. The summed E-state index contributed by atoms with van der Waals surface area (Å²) < 4.78 is 4.99. The van der Waals surface area contributed by atoms with Crippen LogP contribution in [0.1, 0.15) is 58.3 Å². The van der Waals surface area contributed by atoms with Crippen LogP contribution < -0.4 is 0 Å². The summed E-state index contributed by atoms with van der Waals surface area (Å²) in [7, 11) is 0. The van der Waals surface area contributed by atoms with E-state index in [9.17, 15) is 4.79 Å². The molecule has 1 aliphatic rings. The van der Waals surface area contributed by atoms with Crippen LogP contribution in [-0.4, -0.2) is 30.7 Å². The average molecular weight is 227 g/mol. The first kappa shape index (κ1) is 13.3. The molecule has 1 rings (SSSR count). The predicted octanol–water partition coefficient (Wildman–Crippen LogP) is 3.58. The average Bonchev–Trinajstić information content (AvgIpc) is 2.30. The van der Waals surface area contributed by atoms with Gasteiger partial charge in [0.15, 0.2) is 0 Å². The van der Waals surface area contributed by atoms with Gasteiger partial charge in [-0.05, 0) is 12.8 Å². The minimum absolute atomic E-state index is 0.114. The molecule has 1 aliphatic heterocycles. The highest BCUT2D eigenvalue weighted by Gasteiger charge is 2.18. The minimum Gasteiger partial charge on any atom is -0.449 e. The molecule has 0 aliphatic carbocycles. The highest BCUT2D eigenvalue weighted by molar-refractivity contribution is 5.68. The third-order valence-electron chi connectivity index (χ3n) is 3.09. The van der Waals surface area contributed by atoms with Crippen LogP contribution >= 0.6 is 0 Å². The summed E-state index contributed by atoms with van der Waals surface area (Å²) in [4.78, 5) is 13.1.